The number of anilines is 1. The van der Waals surface area contributed by atoms with Crippen molar-refractivity contribution in [2.45, 2.75) is 45.1 Å². The van der Waals surface area contributed by atoms with Crippen LogP contribution in [-0.2, 0) is 0 Å². The maximum Gasteiger partial charge on any atom is 0.251 e. The number of nitrogens with one attached hydrogen (secondary N) is 1. The predicted octanol–water partition coefficient (Wildman–Crippen LogP) is 2.64. The number of hydrogen-bond acceptors (Lipinski definition) is 2. The van der Waals surface area contributed by atoms with Crippen LogP contribution in [0.2, 0.25) is 0 Å². The summed E-state index contributed by atoms with van der Waals surface area (Å²) in [5, 5.41) is 3.14. The van der Waals surface area contributed by atoms with Crippen molar-refractivity contribution in [1.82, 2.24) is 5.32 Å². The van der Waals surface area contributed by atoms with Crippen LogP contribution in [0.25, 0.3) is 0 Å². The lowest BCUT2D eigenvalue weighted by Crippen LogP contribution is -2.43. The van der Waals surface area contributed by atoms with E-state index < -0.39 is 0 Å². The van der Waals surface area contributed by atoms with Gasteiger partial charge in [-0.2, -0.15) is 0 Å². The maximum atomic E-state index is 12.1. The lowest BCUT2D eigenvalue weighted by molar-refractivity contribution is 0.0908. The van der Waals surface area contributed by atoms with Crippen molar-refractivity contribution in [1.29, 1.82) is 0 Å². The van der Waals surface area contributed by atoms with Crippen LogP contribution in [-0.4, -0.2) is 11.4 Å². The van der Waals surface area contributed by atoms with E-state index >= 15 is 0 Å². The molecule has 0 aliphatic heterocycles. The first-order valence-corrected chi connectivity index (χ1v) is 6.19. The molecule has 3 nitrogen and oxygen atoms in total. The smallest absolute Gasteiger partial charge is 0.251 e. The van der Waals surface area contributed by atoms with Gasteiger partial charge in [-0.15, -0.1) is 0 Å². The van der Waals surface area contributed by atoms with Crippen molar-refractivity contribution in [3.8, 4) is 0 Å². The summed E-state index contributed by atoms with van der Waals surface area (Å²) >= 11 is 0. The number of carbonyl (C=O) groups is 1. The molecule has 2 rings (SSSR count). The van der Waals surface area contributed by atoms with Crippen molar-refractivity contribution in [3.63, 3.8) is 0 Å². The van der Waals surface area contributed by atoms with Gasteiger partial charge in [0.2, 0.25) is 0 Å². The van der Waals surface area contributed by atoms with Gasteiger partial charge in [0.15, 0.2) is 0 Å². The van der Waals surface area contributed by atoms with Gasteiger partial charge in [0, 0.05) is 16.8 Å². The molecule has 1 aliphatic carbocycles. The second kappa shape index (κ2) is 4.40. The number of rotatable bonds is 2. The van der Waals surface area contributed by atoms with Gasteiger partial charge in [-0.3, -0.25) is 4.79 Å². The molecule has 1 saturated carbocycles. The zero-order chi connectivity index (χ0) is 12.5. The Morgan fingerprint density at radius 2 is 2.00 bits per heavy atom. The molecule has 1 aliphatic rings. The molecule has 0 atom stereocenters. The van der Waals surface area contributed by atoms with Gasteiger partial charge in [0.1, 0.15) is 0 Å². The Morgan fingerprint density at radius 1 is 1.35 bits per heavy atom. The highest BCUT2D eigenvalue weighted by Gasteiger charge is 2.30. The van der Waals surface area contributed by atoms with E-state index in [0.717, 1.165) is 24.1 Å². The molecule has 0 unspecified atom stereocenters. The van der Waals surface area contributed by atoms with Crippen LogP contribution in [0.3, 0.4) is 0 Å². The molecule has 3 N–H and O–H groups in total. The fourth-order valence-corrected chi connectivity index (χ4v) is 2.44. The summed E-state index contributed by atoms with van der Waals surface area (Å²) in [5.74, 6) is 0.0116. The van der Waals surface area contributed by atoms with Gasteiger partial charge in [-0.1, -0.05) is 12.8 Å². The Labute approximate surface area is 102 Å². The number of aryl methyl sites for hydroxylation is 1. The summed E-state index contributed by atoms with van der Waals surface area (Å²) < 4.78 is 0. The fourth-order valence-electron chi connectivity index (χ4n) is 2.44. The number of hydrogen-bond donors (Lipinski definition) is 2. The zero-order valence-corrected chi connectivity index (χ0v) is 10.5. The van der Waals surface area contributed by atoms with E-state index in [1.54, 1.807) is 12.1 Å². The number of amides is 1. The lowest BCUT2D eigenvalue weighted by atomic mass is 9.99. The summed E-state index contributed by atoms with van der Waals surface area (Å²) in [5.41, 5.74) is 8.11. The van der Waals surface area contributed by atoms with E-state index in [1.165, 1.54) is 12.8 Å². The number of benzene rings is 1. The molecule has 0 radical (unpaired) electrons. The molecule has 0 heterocycles. The Balaban J connectivity index is 2.11. The van der Waals surface area contributed by atoms with Crippen LogP contribution in [0, 0.1) is 6.92 Å². The third-order valence-electron chi connectivity index (χ3n) is 3.65. The second-order valence-electron chi connectivity index (χ2n) is 5.29. The van der Waals surface area contributed by atoms with Crippen molar-refractivity contribution in [2.24, 2.45) is 0 Å². The highest BCUT2D eigenvalue weighted by atomic mass is 16.1. The standard InChI is InChI=1S/C14H20N2O/c1-10-9-11(5-6-12(10)15)13(17)16-14(2)7-3-4-8-14/h5-6,9H,3-4,7-8,15H2,1-2H3,(H,16,17). The van der Waals surface area contributed by atoms with Crippen molar-refractivity contribution in [2.75, 3.05) is 5.73 Å². The Morgan fingerprint density at radius 3 is 2.59 bits per heavy atom. The summed E-state index contributed by atoms with van der Waals surface area (Å²) in [6.45, 7) is 4.05. The molecule has 1 aromatic rings. The minimum absolute atomic E-state index is 0.0116. The van der Waals surface area contributed by atoms with E-state index in [9.17, 15) is 4.79 Å². The van der Waals surface area contributed by atoms with Gasteiger partial charge < -0.3 is 11.1 Å². The van der Waals surface area contributed by atoms with E-state index in [0.29, 0.717) is 5.56 Å². The highest BCUT2D eigenvalue weighted by molar-refractivity contribution is 5.95. The second-order valence-corrected chi connectivity index (χ2v) is 5.29. The van der Waals surface area contributed by atoms with Crippen LogP contribution in [0.4, 0.5) is 5.69 Å². The third kappa shape index (κ3) is 2.60. The minimum Gasteiger partial charge on any atom is -0.399 e. The van der Waals surface area contributed by atoms with Gasteiger partial charge in [-0.25, -0.2) is 0 Å². The maximum absolute atomic E-state index is 12.1. The summed E-state index contributed by atoms with van der Waals surface area (Å²) in [6, 6.07) is 5.43. The quantitative estimate of drug-likeness (QED) is 0.770. The normalized spacial score (nSPS) is 18.0. The average Bonchev–Trinajstić information content (AvgIpc) is 2.69. The van der Waals surface area contributed by atoms with E-state index in [1.807, 2.05) is 13.0 Å². The number of carbonyl (C=O) groups excluding carboxylic acids is 1. The van der Waals surface area contributed by atoms with Crippen LogP contribution in [0.15, 0.2) is 18.2 Å². The zero-order valence-electron chi connectivity index (χ0n) is 10.5. The van der Waals surface area contributed by atoms with Crippen LogP contribution in [0.1, 0.15) is 48.5 Å². The SMILES string of the molecule is Cc1cc(C(=O)NC2(C)CCCC2)ccc1N. The van der Waals surface area contributed by atoms with Crippen LogP contribution < -0.4 is 11.1 Å². The number of nitrogen functional groups attached to an aromatic ring is 1. The van der Waals surface area contributed by atoms with Crippen LogP contribution in [0.5, 0.6) is 0 Å². The monoisotopic (exact) mass is 232 g/mol. The molecule has 0 bridgehead atoms. The molecule has 1 amide bonds. The van der Waals surface area contributed by atoms with Gasteiger partial charge in [0.25, 0.3) is 5.91 Å². The summed E-state index contributed by atoms with van der Waals surface area (Å²) in [7, 11) is 0. The highest BCUT2D eigenvalue weighted by Crippen LogP contribution is 2.29. The first-order chi connectivity index (χ1) is 8.00. The molecule has 1 aromatic carbocycles. The minimum atomic E-state index is -0.0215. The topological polar surface area (TPSA) is 55.1 Å². The Bertz CT molecular complexity index is 434. The largest absolute Gasteiger partial charge is 0.399 e. The van der Waals surface area contributed by atoms with Gasteiger partial charge in [-0.05, 0) is 50.5 Å². The Kier molecular flexibility index (Phi) is 3.09. The molecule has 3 heteroatoms. The molecular formula is C14H20N2O. The predicted molar refractivity (Wildman–Crippen MR) is 69.9 cm³/mol. The van der Waals surface area contributed by atoms with Crippen molar-refractivity contribution < 1.29 is 4.79 Å². The van der Waals surface area contributed by atoms with Gasteiger partial charge >= 0.3 is 0 Å². The molecular weight excluding hydrogens is 212 g/mol. The van der Waals surface area contributed by atoms with E-state index in [-0.39, 0.29) is 11.4 Å². The van der Waals surface area contributed by atoms with Gasteiger partial charge in [0.05, 0.1) is 0 Å². The molecule has 17 heavy (non-hydrogen) atoms. The summed E-state index contributed by atoms with van der Waals surface area (Å²) in [6.07, 6.45) is 4.56. The first kappa shape index (κ1) is 12.0. The molecule has 0 aromatic heterocycles. The average molecular weight is 232 g/mol. The molecule has 1 fully saturated rings. The fraction of sp³-hybridized carbons (Fsp3) is 0.500. The van der Waals surface area contributed by atoms with E-state index in [2.05, 4.69) is 12.2 Å². The molecule has 0 saturated heterocycles. The van der Waals surface area contributed by atoms with Crippen LogP contribution >= 0.6 is 0 Å². The Hall–Kier alpha value is -1.51. The molecule has 92 valence electrons. The van der Waals surface area contributed by atoms with E-state index in [4.69, 9.17) is 5.73 Å². The number of nitrogens with two attached hydrogens (primary N) is 1. The van der Waals surface area contributed by atoms with Crippen molar-refractivity contribution in [3.05, 3.63) is 29.3 Å². The molecule has 0 spiro atoms. The summed E-state index contributed by atoms with van der Waals surface area (Å²) in [4.78, 5) is 12.1. The first-order valence-electron chi connectivity index (χ1n) is 6.19. The van der Waals surface area contributed by atoms with Crippen molar-refractivity contribution >= 4 is 11.6 Å². The third-order valence-corrected chi connectivity index (χ3v) is 3.65. The lowest BCUT2D eigenvalue weighted by Gasteiger charge is -2.25.